The zero-order valence-electron chi connectivity index (χ0n) is 8.60. The molecule has 0 aromatic heterocycles. The highest BCUT2D eigenvalue weighted by atomic mass is 35.5. The van der Waals surface area contributed by atoms with Gasteiger partial charge in [0.05, 0.1) is 17.0 Å². The molecule has 0 fully saturated rings. The predicted octanol–water partition coefficient (Wildman–Crippen LogP) is 3.89. The number of nitriles is 1. The third-order valence-corrected chi connectivity index (χ3v) is 2.90. The van der Waals surface area contributed by atoms with Crippen molar-refractivity contribution in [3.8, 4) is 6.07 Å². The molecule has 2 heteroatoms. The van der Waals surface area contributed by atoms with Crippen molar-refractivity contribution in [1.29, 1.82) is 5.26 Å². The molecule has 78 valence electrons. The van der Waals surface area contributed by atoms with E-state index in [0.717, 1.165) is 11.1 Å². The van der Waals surface area contributed by atoms with Gasteiger partial charge in [0, 0.05) is 0 Å². The van der Waals surface area contributed by atoms with Gasteiger partial charge in [0.2, 0.25) is 0 Å². The van der Waals surface area contributed by atoms with Crippen LogP contribution in [0.3, 0.4) is 0 Å². The van der Waals surface area contributed by atoms with Crippen molar-refractivity contribution < 1.29 is 0 Å². The van der Waals surface area contributed by atoms with E-state index in [1.165, 1.54) is 0 Å². The Morgan fingerprint density at radius 3 is 2.31 bits per heavy atom. The molecule has 1 nitrogen and oxygen atoms in total. The molecule has 0 aliphatic rings. The lowest BCUT2D eigenvalue weighted by Crippen LogP contribution is -1.93. The van der Waals surface area contributed by atoms with E-state index < -0.39 is 0 Å². The summed E-state index contributed by atoms with van der Waals surface area (Å²) in [5.74, 6) is 0. The smallest absolute Gasteiger partial charge is 0.0991 e. The van der Waals surface area contributed by atoms with Gasteiger partial charge in [-0.2, -0.15) is 5.26 Å². The minimum Gasteiger partial charge on any atom is -0.192 e. The van der Waals surface area contributed by atoms with Crippen molar-refractivity contribution in [2.24, 2.45) is 0 Å². The number of rotatable bonds is 2. The second-order valence-corrected chi connectivity index (χ2v) is 3.95. The molecular weight excluding hydrogens is 218 g/mol. The Labute approximate surface area is 99.9 Å². The summed E-state index contributed by atoms with van der Waals surface area (Å²) in [5, 5.41) is 8.62. The molecule has 0 saturated carbocycles. The van der Waals surface area contributed by atoms with Gasteiger partial charge in [0.1, 0.15) is 0 Å². The molecule has 0 N–H and O–H groups in total. The number of halogens is 1. The summed E-state index contributed by atoms with van der Waals surface area (Å²) < 4.78 is 0. The molecule has 0 radical (unpaired) electrons. The Morgan fingerprint density at radius 1 is 0.938 bits per heavy atom. The molecule has 0 amide bonds. The Bertz CT molecular complexity index is 514. The summed E-state index contributed by atoms with van der Waals surface area (Å²) in [5.41, 5.74) is 2.63. The lowest BCUT2D eigenvalue weighted by molar-refractivity contribution is 1.14. The first-order chi connectivity index (χ1) is 7.81. The maximum Gasteiger partial charge on any atom is 0.0991 e. The molecule has 0 saturated heterocycles. The Balaban J connectivity index is 2.35. The van der Waals surface area contributed by atoms with Crippen LogP contribution in [0.2, 0.25) is 0 Å². The van der Waals surface area contributed by atoms with Crippen molar-refractivity contribution in [2.45, 2.75) is 5.38 Å². The van der Waals surface area contributed by atoms with Gasteiger partial charge in [-0.1, -0.05) is 42.5 Å². The third kappa shape index (κ3) is 2.24. The SMILES string of the molecule is N#Cc1cccc(C(Cl)c2ccccc2)c1. The van der Waals surface area contributed by atoms with Crippen molar-refractivity contribution >= 4 is 11.6 Å². The van der Waals surface area contributed by atoms with Crippen LogP contribution in [0.25, 0.3) is 0 Å². The molecule has 0 spiro atoms. The van der Waals surface area contributed by atoms with E-state index in [0.29, 0.717) is 5.56 Å². The van der Waals surface area contributed by atoms with Gasteiger partial charge in [0.25, 0.3) is 0 Å². The largest absolute Gasteiger partial charge is 0.192 e. The molecule has 2 rings (SSSR count). The van der Waals surface area contributed by atoms with Crippen LogP contribution in [0.1, 0.15) is 22.1 Å². The summed E-state index contributed by atoms with van der Waals surface area (Å²) in [6.07, 6.45) is 0. The van der Waals surface area contributed by atoms with Gasteiger partial charge in [-0.3, -0.25) is 0 Å². The lowest BCUT2D eigenvalue weighted by Gasteiger charge is -2.10. The molecule has 2 aromatic rings. The van der Waals surface area contributed by atoms with Gasteiger partial charge < -0.3 is 0 Å². The Kier molecular flexibility index (Phi) is 3.24. The summed E-state index contributed by atoms with van der Waals surface area (Å²) in [4.78, 5) is 0. The number of hydrogen-bond acceptors (Lipinski definition) is 1. The van der Waals surface area contributed by atoms with Crippen LogP contribution in [-0.4, -0.2) is 0 Å². The fourth-order valence-electron chi connectivity index (χ4n) is 1.58. The fraction of sp³-hybridized carbons (Fsp3) is 0.0714. The maximum atomic E-state index is 8.82. The van der Waals surface area contributed by atoms with E-state index in [1.807, 2.05) is 48.5 Å². The lowest BCUT2D eigenvalue weighted by atomic mass is 10.0. The average molecular weight is 228 g/mol. The van der Waals surface area contributed by atoms with Gasteiger partial charge in [-0.15, -0.1) is 11.6 Å². The molecule has 0 bridgehead atoms. The van der Waals surface area contributed by atoms with E-state index in [2.05, 4.69) is 6.07 Å². The highest BCUT2D eigenvalue weighted by Gasteiger charge is 2.10. The van der Waals surface area contributed by atoms with Crippen LogP contribution in [0, 0.1) is 11.3 Å². The molecule has 1 unspecified atom stereocenters. The molecule has 16 heavy (non-hydrogen) atoms. The fourth-order valence-corrected chi connectivity index (χ4v) is 1.86. The van der Waals surface area contributed by atoms with E-state index >= 15 is 0 Å². The minimum absolute atomic E-state index is 0.200. The number of nitrogens with zero attached hydrogens (tertiary/aromatic N) is 1. The summed E-state index contributed by atoms with van der Waals surface area (Å²) >= 11 is 6.35. The van der Waals surface area contributed by atoms with Gasteiger partial charge >= 0.3 is 0 Å². The standard InChI is InChI=1S/C14H10ClN/c15-14(12-6-2-1-3-7-12)13-8-4-5-11(9-13)10-16/h1-9,14H. The summed E-state index contributed by atoms with van der Waals surface area (Å²) in [6, 6.07) is 19.3. The van der Waals surface area contributed by atoms with Crippen LogP contribution >= 0.6 is 11.6 Å². The van der Waals surface area contributed by atoms with Gasteiger partial charge in [-0.25, -0.2) is 0 Å². The van der Waals surface area contributed by atoms with Crippen molar-refractivity contribution in [1.82, 2.24) is 0 Å². The summed E-state index contributed by atoms with van der Waals surface area (Å²) in [6.45, 7) is 0. The predicted molar refractivity (Wildman–Crippen MR) is 65.3 cm³/mol. The molecule has 0 aliphatic carbocycles. The highest BCUT2D eigenvalue weighted by Crippen LogP contribution is 2.28. The minimum atomic E-state index is -0.200. The molecular formula is C14H10ClN. The first-order valence-corrected chi connectivity index (χ1v) is 5.44. The molecule has 1 atom stereocenters. The van der Waals surface area contributed by atoms with Gasteiger partial charge in [-0.05, 0) is 23.3 Å². The Hall–Kier alpha value is -1.78. The summed E-state index contributed by atoms with van der Waals surface area (Å²) in [7, 11) is 0. The van der Waals surface area contributed by atoms with E-state index in [4.69, 9.17) is 16.9 Å². The number of alkyl halides is 1. The average Bonchev–Trinajstić information content (AvgIpc) is 2.39. The quantitative estimate of drug-likeness (QED) is 0.715. The van der Waals surface area contributed by atoms with E-state index in [1.54, 1.807) is 6.07 Å². The number of benzene rings is 2. The first kappa shape index (κ1) is 10.7. The van der Waals surface area contributed by atoms with Crippen molar-refractivity contribution in [3.05, 3.63) is 71.3 Å². The Morgan fingerprint density at radius 2 is 1.62 bits per heavy atom. The van der Waals surface area contributed by atoms with Crippen LogP contribution in [0.15, 0.2) is 54.6 Å². The molecule has 0 heterocycles. The third-order valence-electron chi connectivity index (χ3n) is 2.40. The zero-order chi connectivity index (χ0) is 11.4. The second-order valence-electron chi connectivity index (χ2n) is 3.51. The molecule has 0 aliphatic heterocycles. The number of hydrogen-bond donors (Lipinski definition) is 0. The van der Waals surface area contributed by atoms with Gasteiger partial charge in [0.15, 0.2) is 0 Å². The molecule has 2 aromatic carbocycles. The van der Waals surface area contributed by atoms with Crippen molar-refractivity contribution in [2.75, 3.05) is 0 Å². The van der Waals surface area contributed by atoms with E-state index in [9.17, 15) is 0 Å². The highest BCUT2D eigenvalue weighted by molar-refractivity contribution is 6.22. The van der Waals surface area contributed by atoms with Crippen molar-refractivity contribution in [3.63, 3.8) is 0 Å². The van der Waals surface area contributed by atoms with Crippen LogP contribution in [-0.2, 0) is 0 Å². The topological polar surface area (TPSA) is 23.8 Å². The maximum absolute atomic E-state index is 8.82. The monoisotopic (exact) mass is 227 g/mol. The first-order valence-electron chi connectivity index (χ1n) is 5.00. The van der Waals surface area contributed by atoms with Crippen LogP contribution in [0.4, 0.5) is 0 Å². The zero-order valence-corrected chi connectivity index (χ0v) is 9.35. The van der Waals surface area contributed by atoms with Crippen LogP contribution in [0.5, 0.6) is 0 Å². The van der Waals surface area contributed by atoms with E-state index in [-0.39, 0.29) is 5.38 Å². The van der Waals surface area contributed by atoms with Crippen LogP contribution < -0.4 is 0 Å². The normalized spacial score (nSPS) is 11.8. The second kappa shape index (κ2) is 4.83.